The Labute approximate surface area is 130 Å². The number of ether oxygens (including phenoxy) is 1. The summed E-state index contributed by atoms with van der Waals surface area (Å²) >= 11 is 0. The molecular formula is C12H18N2O9. The second-order valence-electron chi connectivity index (χ2n) is 4.72. The van der Waals surface area contributed by atoms with Crippen LogP contribution in [0.5, 0.6) is 0 Å². The number of carboxylic acids is 3. The fourth-order valence-electron chi connectivity index (χ4n) is 1.81. The molecule has 0 radical (unpaired) electrons. The molecule has 0 aromatic heterocycles. The molecule has 0 fully saturated rings. The van der Waals surface area contributed by atoms with Crippen LogP contribution < -0.4 is 11.1 Å². The topological polar surface area (TPSA) is 193 Å². The molecule has 0 bridgehead atoms. The molecule has 0 saturated heterocycles. The molecule has 23 heavy (non-hydrogen) atoms. The monoisotopic (exact) mass is 334 g/mol. The molecular weight excluding hydrogens is 316 g/mol. The Hall–Kier alpha value is -2.53. The number of nitrogens with two attached hydrogens (primary N) is 1. The first kappa shape index (κ1) is 20.5. The molecule has 6 N–H and O–H groups in total. The van der Waals surface area contributed by atoms with Crippen LogP contribution in [0.25, 0.3) is 0 Å². The van der Waals surface area contributed by atoms with E-state index in [1.54, 1.807) is 0 Å². The molecule has 0 unspecified atom stereocenters. The Morgan fingerprint density at radius 3 is 1.70 bits per heavy atom. The molecule has 0 aliphatic rings. The molecule has 0 aromatic carbocycles. The number of hydrogen-bond donors (Lipinski definition) is 5. The first-order chi connectivity index (χ1) is 10.6. The highest BCUT2D eigenvalue weighted by atomic mass is 16.6. The van der Waals surface area contributed by atoms with E-state index in [1.165, 1.54) is 0 Å². The van der Waals surface area contributed by atoms with E-state index in [1.807, 2.05) is 0 Å². The minimum atomic E-state index is -2.38. The van der Waals surface area contributed by atoms with E-state index >= 15 is 0 Å². The van der Waals surface area contributed by atoms with Gasteiger partial charge in [-0.3, -0.25) is 24.0 Å². The fraction of sp³-hybridized carbons (Fsp3) is 0.583. The lowest BCUT2D eigenvalue weighted by molar-refractivity contribution is -0.175. The van der Waals surface area contributed by atoms with Gasteiger partial charge in [-0.1, -0.05) is 0 Å². The van der Waals surface area contributed by atoms with E-state index in [4.69, 9.17) is 21.1 Å². The number of esters is 2. The molecule has 0 aliphatic carbocycles. The third-order valence-corrected chi connectivity index (χ3v) is 2.70. The van der Waals surface area contributed by atoms with E-state index in [9.17, 15) is 24.0 Å². The van der Waals surface area contributed by atoms with Crippen molar-refractivity contribution >= 4 is 29.8 Å². The van der Waals surface area contributed by atoms with Crippen LogP contribution in [0.3, 0.4) is 0 Å². The van der Waals surface area contributed by atoms with Gasteiger partial charge in [0, 0.05) is 13.1 Å². The van der Waals surface area contributed by atoms with Crippen LogP contribution in [0, 0.1) is 5.41 Å². The van der Waals surface area contributed by atoms with Crippen molar-refractivity contribution in [1.82, 2.24) is 5.32 Å². The van der Waals surface area contributed by atoms with E-state index in [-0.39, 0.29) is 13.1 Å². The molecule has 0 spiro atoms. The van der Waals surface area contributed by atoms with Crippen LogP contribution in [-0.4, -0.2) is 64.8 Å². The van der Waals surface area contributed by atoms with Gasteiger partial charge in [0.1, 0.15) is 0 Å². The number of carboxylic acid groups (broad SMARTS) is 3. The maximum Gasteiger partial charge on any atom is 0.327 e. The highest BCUT2D eigenvalue weighted by molar-refractivity contribution is 5.95. The average molecular weight is 334 g/mol. The van der Waals surface area contributed by atoms with E-state index in [2.05, 4.69) is 10.1 Å². The Balaban J connectivity index is 5.24. The lowest BCUT2D eigenvalue weighted by Gasteiger charge is -2.26. The van der Waals surface area contributed by atoms with Crippen molar-refractivity contribution in [1.29, 1.82) is 0 Å². The summed E-state index contributed by atoms with van der Waals surface area (Å²) in [6, 6.07) is 0. The van der Waals surface area contributed by atoms with Gasteiger partial charge in [0.05, 0.1) is 31.2 Å². The van der Waals surface area contributed by atoms with Gasteiger partial charge in [0.15, 0.2) is 0 Å². The van der Waals surface area contributed by atoms with Gasteiger partial charge < -0.3 is 31.1 Å². The maximum atomic E-state index is 12.0. The summed E-state index contributed by atoms with van der Waals surface area (Å²) in [6.45, 7) is 0.0300. The minimum absolute atomic E-state index is 0.211. The first-order valence-electron chi connectivity index (χ1n) is 6.44. The zero-order valence-electron chi connectivity index (χ0n) is 12.1. The quantitative estimate of drug-likeness (QED) is 0.159. The normalized spacial score (nSPS) is 10.8. The lowest BCUT2D eigenvalue weighted by atomic mass is 9.78. The van der Waals surface area contributed by atoms with E-state index in [0.717, 1.165) is 0 Å². The molecule has 130 valence electrons. The smallest absolute Gasteiger partial charge is 0.327 e. The summed E-state index contributed by atoms with van der Waals surface area (Å²) in [6.07, 6.45) is -3.31. The highest BCUT2D eigenvalue weighted by Crippen LogP contribution is 2.33. The first-order valence-corrected chi connectivity index (χ1v) is 6.44. The molecule has 0 aromatic rings. The Bertz CT molecular complexity index is 448. The summed E-state index contributed by atoms with van der Waals surface area (Å²) in [5.41, 5.74) is 2.79. The summed E-state index contributed by atoms with van der Waals surface area (Å²) in [5, 5.41) is 29.0. The molecule has 0 saturated carbocycles. The standard InChI is InChI=1S/C12H18N2O9/c13-1-2-14-6-10(21)23-11(22)12(3-7(15)16,4-8(17)18)5-9(19)20/h14H,1-6,13H2,(H,15,16)(H,17,18)(H,19,20). The van der Waals surface area contributed by atoms with Gasteiger partial charge in [0.2, 0.25) is 0 Å². The highest BCUT2D eigenvalue weighted by Gasteiger charge is 2.47. The van der Waals surface area contributed by atoms with Crippen LogP contribution in [0.1, 0.15) is 19.3 Å². The Morgan fingerprint density at radius 2 is 1.35 bits per heavy atom. The molecule has 0 atom stereocenters. The van der Waals surface area contributed by atoms with Crippen molar-refractivity contribution < 1.29 is 44.0 Å². The second kappa shape index (κ2) is 9.48. The van der Waals surface area contributed by atoms with Gasteiger partial charge in [-0.15, -0.1) is 0 Å². The van der Waals surface area contributed by atoms with E-state index < -0.39 is 61.1 Å². The number of carbonyl (C=O) groups excluding carboxylic acids is 2. The van der Waals surface area contributed by atoms with Gasteiger partial charge in [-0.2, -0.15) is 0 Å². The van der Waals surface area contributed by atoms with Crippen molar-refractivity contribution in [2.75, 3.05) is 19.6 Å². The van der Waals surface area contributed by atoms with Gasteiger partial charge in [-0.05, 0) is 0 Å². The van der Waals surface area contributed by atoms with E-state index in [0.29, 0.717) is 0 Å². The van der Waals surface area contributed by atoms with Crippen molar-refractivity contribution in [3.8, 4) is 0 Å². The number of aliphatic carboxylic acids is 3. The summed E-state index contributed by atoms with van der Waals surface area (Å²) in [7, 11) is 0. The minimum Gasteiger partial charge on any atom is -0.481 e. The van der Waals surface area contributed by atoms with Crippen LogP contribution in [0.2, 0.25) is 0 Å². The molecule has 0 heterocycles. The Morgan fingerprint density at radius 1 is 0.913 bits per heavy atom. The van der Waals surface area contributed by atoms with Crippen LogP contribution in [0.15, 0.2) is 0 Å². The maximum absolute atomic E-state index is 12.0. The van der Waals surface area contributed by atoms with Gasteiger partial charge in [-0.25, -0.2) is 0 Å². The van der Waals surface area contributed by atoms with Crippen LogP contribution in [-0.2, 0) is 28.7 Å². The molecule has 0 rings (SSSR count). The van der Waals surface area contributed by atoms with Crippen molar-refractivity contribution in [2.24, 2.45) is 11.1 Å². The predicted molar refractivity (Wildman–Crippen MR) is 72.2 cm³/mol. The number of hydrogen-bond acceptors (Lipinski definition) is 8. The third-order valence-electron chi connectivity index (χ3n) is 2.70. The lowest BCUT2D eigenvalue weighted by Crippen LogP contribution is -2.41. The number of rotatable bonds is 11. The zero-order valence-corrected chi connectivity index (χ0v) is 12.1. The fourth-order valence-corrected chi connectivity index (χ4v) is 1.81. The molecule has 0 aliphatic heterocycles. The summed E-state index contributed by atoms with van der Waals surface area (Å²) in [4.78, 5) is 56.1. The average Bonchev–Trinajstić information content (AvgIpc) is 2.36. The second-order valence-corrected chi connectivity index (χ2v) is 4.72. The van der Waals surface area contributed by atoms with Gasteiger partial charge >= 0.3 is 29.8 Å². The molecule has 0 amide bonds. The van der Waals surface area contributed by atoms with Crippen LogP contribution >= 0.6 is 0 Å². The van der Waals surface area contributed by atoms with Crippen molar-refractivity contribution in [3.63, 3.8) is 0 Å². The SMILES string of the molecule is NCCNCC(=O)OC(=O)C(CC(=O)O)(CC(=O)O)CC(=O)O. The summed E-state index contributed by atoms with van der Waals surface area (Å²) in [5.74, 6) is -7.41. The van der Waals surface area contributed by atoms with Crippen LogP contribution in [0.4, 0.5) is 0 Å². The number of nitrogens with one attached hydrogen (secondary N) is 1. The van der Waals surface area contributed by atoms with Crippen molar-refractivity contribution in [2.45, 2.75) is 19.3 Å². The zero-order chi connectivity index (χ0) is 18.0. The predicted octanol–water partition coefficient (Wildman–Crippen LogP) is -1.98. The number of carbonyl (C=O) groups is 5. The molecule has 11 heteroatoms. The third kappa shape index (κ3) is 7.87. The van der Waals surface area contributed by atoms with Crippen molar-refractivity contribution in [3.05, 3.63) is 0 Å². The Kier molecular flexibility index (Phi) is 8.44. The largest absolute Gasteiger partial charge is 0.481 e. The summed E-state index contributed by atoms with van der Waals surface area (Å²) < 4.78 is 4.39. The van der Waals surface area contributed by atoms with Gasteiger partial charge in [0.25, 0.3) is 0 Å². The molecule has 11 nitrogen and oxygen atoms in total.